The van der Waals surface area contributed by atoms with Gasteiger partial charge < -0.3 is 29.2 Å². The Kier molecular flexibility index (Phi) is 3.30. The molecule has 0 saturated carbocycles. The highest BCUT2D eigenvalue weighted by Gasteiger charge is 2.57. The molecule has 0 spiro atoms. The van der Waals surface area contributed by atoms with Crippen LogP contribution in [-0.4, -0.2) is 34.5 Å². The zero-order valence-electron chi connectivity index (χ0n) is 12.6. The van der Waals surface area contributed by atoms with Gasteiger partial charge in [0.25, 0.3) is 0 Å². The van der Waals surface area contributed by atoms with Crippen LogP contribution in [0.15, 0.2) is 12.1 Å². The summed E-state index contributed by atoms with van der Waals surface area (Å²) in [5, 5.41) is 18.9. The number of aliphatic hydroxyl groups is 2. The van der Waals surface area contributed by atoms with Crippen LogP contribution >= 0.6 is 0 Å². The van der Waals surface area contributed by atoms with Gasteiger partial charge in [0.2, 0.25) is 0 Å². The summed E-state index contributed by atoms with van der Waals surface area (Å²) in [5.41, 5.74) is 3.39. The summed E-state index contributed by atoms with van der Waals surface area (Å²) in [4.78, 5) is 0. The second-order valence-corrected chi connectivity index (χ2v) is 6.44. The third kappa shape index (κ3) is 2.11. The summed E-state index contributed by atoms with van der Waals surface area (Å²) < 4.78 is 23.6. The highest BCUT2D eigenvalue weighted by Crippen LogP contribution is 2.48. The Morgan fingerprint density at radius 1 is 1.09 bits per heavy atom. The van der Waals surface area contributed by atoms with E-state index in [4.69, 9.17) is 18.9 Å². The molecule has 0 radical (unpaired) electrons. The van der Waals surface area contributed by atoms with Gasteiger partial charge in [-0.1, -0.05) is 12.1 Å². The number of hydrogen-bond donors (Lipinski definition) is 2. The minimum atomic E-state index is -0.666. The molecule has 0 unspecified atom stereocenters. The van der Waals surface area contributed by atoms with Gasteiger partial charge in [-0.15, -0.1) is 0 Å². The van der Waals surface area contributed by atoms with Crippen molar-refractivity contribution < 1.29 is 29.2 Å². The smallest absolute Gasteiger partial charge is 0.190 e. The Hall–Kier alpha value is -1.02. The second-order valence-electron chi connectivity index (χ2n) is 6.44. The Balaban J connectivity index is 1.69. The fourth-order valence-corrected chi connectivity index (χ4v) is 3.54. The van der Waals surface area contributed by atoms with E-state index in [0.29, 0.717) is 12.2 Å². The first-order chi connectivity index (χ1) is 10.5. The van der Waals surface area contributed by atoms with Crippen LogP contribution in [-0.2, 0) is 38.8 Å². The monoisotopic (exact) mass is 308 g/mol. The highest BCUT2D eigenvalue weighted by molar-refractivity contribution is 5.41. The van der Waals surface area contributed by atoms with E-state index in [0.717, 1.165) is 16.7 Å². The summed E-state index contributed by atoms with van der Waals surface area (Å²) in [7, 11) is 0. The number of aliphatic hydroxyl groups excluding tert-OH is 2. The van der Waals surface area contributed by atoms with Gasteiger partial charge in [-0.2, -0.15) is 0 Å². The predicted molar refractivity (Wildman–Crippen MR) is 74.5 cm³/mol. The first-order valence-corrected chi connectivity index (χ1v) is 7.51. The number of fused-ring (bicyclic) bond motifs is 5. The molecule has 2 fully saturated rings. The lowest BCUT2D eigenvalue weighted by Gasteiger charge is -2.32. The van der Waals surface area contributed by atoms with Crippen LogP contribution in [0, 0.1) is 0 Å². The Bertz CT molecular complexity index is 599. The van der Waals surface area contributed by atoms with E-state index in [2.05, 4.69) is 0 Å². The van der Waals surface area contributed by atoms with E-state index in [1.54, 1.807) is 0 Å². The van der Waals surface area contributed by atoms with Gasteiger partial charge in [-0.3, -0.25) is 0 Å². The van der Waals surface area contributed by atoms with Crippen molar-refractivity contribution in [2.45, 2.75) is 64.1 Å². The first kappa shape index (κ1) is 14.6. The third-order valence-corrected chi connectivity index (χ3v) is 4.53. The minimum absolute atomic E-state index is 0.107. The van der Waals surface area contributed by atoms with E-state index < -0.39 is 12.1 Å². The Labute approximate surface area is 128 Å². The molecule has 120 valence electrons. The lowest BCUT2D eigenvalue weighted by atomic mass is 9.91. The van der Waals surface area contributed by atoms with Crippen molar-refractivity contribution in [3.8, 4) is 0 Å². The molecule has 3 aliphatic rings. The van der Waals surface area contributed by atoms with Gasteiger partial charge in [-0.05, 0) is 36.1 Å². The molecule has 6 nitrogen and oxygen atoms in total. The third-order valence-electron chi connectivity index (χ3n) is 4.53. The topological polar surface area (TPSA) is 77.4 Å². The predicted octanol–water partition coefficient (Wildman–Crippen LogP) is 1.12. The minimum Gasteiger partial charge on any atom is -0.392 e. The maximum absolute atomic E-state index is 9.49. The molecule has 1 aromatic rings. The van der Waals surface area contributed by atoms with E-state index in [9.17, 15) is 10.2 Å². The second kappa shape index (κ2) is 4.99. The Morgan fingerprint density at radius 3 is 2.55 bits per heavy atom. The summed E-state index contributed by atoms with van der Waals surface area (Å²) >= 11 is 0. The summed E-state index contributed by atoms with van der Waals surface area (Å²) in [5.74, 6) is -0.666. The van der Waals surface area contributed by atoms with E-state index in [1.807, 2.05) is 26.0 Å². The molecule has 22 heavy (non-hydrogen) atoms. The average Bonchev–Trinajstić information content (AvgIpc) is 2.97. The van der Waals surface area contributed by atoms with Gasteiger partial charge in [0.05, 0.1) is 19.8 Å². The molecule has 3 heterocycles. The quantitative estimate of drug-likeness (QED) is 0.852. The van der Waals surface area contributed by atoms with Crippen molar-refractivity contribution in [3.63, 3.8) is 0 Å². The number of hydrogen-bond acceptors (Lipinski definition) is 6. The molecule has 0 aliphatic carbocycles. The maximum Gasteiger partial charge on any atom is 0.190 e. The first-order valence-electron chi connectivity index (χ1n) is 7.51. The lowest BCUT2D eigenvalue weighted by molar-refractivity contribution is -0.223. The van der Waals surface area contributed by atoms with Gasteiger partial charge in [0.15, 0.2) is 12.1 Å². The van der Waals surface area contributed by atoms with Crippen LogP contribution in [0.4, 0.5) is 0 Å². The van der Waals surface area contributed by atoms with E-state index in [1.165, 1.54) is 0 Å². The zero-order chi connectivity index (χ0) is 15.5. The zero-order valence-corrected chi connectivity index (χ0v) is 12.6. The van der Waals surface area contributed by atoms with Crippen molar-refractivity contribution in [2.75, 3.05) is 0 Å². The molecule has 0 aromatic heterocycles. The number of ether oxygens (including phenoxy) is 4. The normalized spacial score (nSPS) is 35.1. The molecule has 0 amide bonds. The number of rotatable bonds is 2. The number of benzene rings is 1. The fraction of sp³-hybridized carbons (Fsp3) is 0.625. The molecule has 6 heteroatoms. The average molecular weight is 308 g/mol. The van der Waals surface area contributed by atoms with E-state index in [-0.39, 0.29) is 31.5 Å². The summed E-state index contributed by atoms with van der Waals surface area (Å²) in [6, 6.07) is 3.77. The van der Waals surface area contributed by atoms with Crippen molar-refractivity contribution >= 4 is 0 Å². The molecule has 4 atom stereocenters. The standard InChI is InChI=1S/C16H20O6/c1-16(2)21-14-13-12(20-15(14)22-16)11-4-9(6-18)8(5-17)3-10(11)7-19-13/h3-4,12-15,17-18H,5-7H2,1-2H3/t12-,13+,14-,15-/m1/s1. The van der Waals surface area contributed by atoms with Crippen molar-refractivity contribution in [1.82, 2.24) is 0 Å². The molecule has 1 aromatic carbocycles. The molecule has 3 aliphatic heterocycles. The molecular formula is C16H20O6. The highest BCUT2D eigenvalue weighted by atomic mass is 16.8. The SMILES string of the molecule is CC1(C)O[C@H]2O[C@@H]3c4cc(CO)c(CO)cc4CO[C@@H]3[C@H]2O1. The molecule has 2 N–H and O–H groups in total. The van der Waals surface area contributed by atoms with E-state index >= 15 is 0 Å². The van der Waals surface area contributed by atoms with Crippen LogP contribution in [0.5, 0.6) is 0 Å². The summed E-state index contributed by atoms with van der Waals surface area (Å²) in [6.45, 7) is 3.93. The van der Waals surface area contributed by atoms with Crippen LogP contribution in [0.25, 0.3) is 0 Å². The molecule has 0 bridgehead atoms. The molecule has 2 saturated heterocycles. The van der Waals surface area contributed by atoms with Gasteiger partial charge in [-0.25, -0.2) is 0 Å². The van der Waals surface area contributed by atoms with Crippen LogP contribution < -0.4 is 0 Å². The van der Waals surface area contributed by atoms with Crippen LogP contribution in [0.3, 0.4) is 0 Å². The summed E-state index contributed by atoms with van der Waals surface area (Å²) in [6.07, 6.45) is -1.17. The van der Waals surface area contributed by atoms with Crippen LogP contribution in [0.1, 0.15) is 42.2 Å². The van der Waals surface area contributed by atoms with Crippen molar-refractivity contribution in [3.05, 3.63) is 34.4 Å². The fourth-order valence-electron chi connectivity index (χ4n) is 3.54. The lowest BCUT2D eigenvalue weighted by Crippen LogP contribution is -2.36. The van der Waals surface area contributed by atoms with Gasteiger partial charge in [0, 0.05) is 0 Å². The van der Waals surface area contributed by atoms with Crippen molar-refractivity contribution in [2.24, 2.45) is 0 Å². The largest absolute Gasteiger partial charge is 0.392 e. The van der Waals surface area contributed by atoms with Crippen LogP contribution in [0.2, 0.25) is 0 Å². The van der Waals surface area contributed by atoms with Gasteiger partial charge >= 0.3 is 0 Å². The van der Waals surface area contributed by atoms with Crippen molar-refractivity contribution in [1.29, 1.82) is 0 Å². The molecular weight excluding hydrogens is 288 g/mol. The van der Waals surface area contributed by atoms with Gasteiger partial charge in [0.1, 0.15) is 18.3 Å². The Morgan fingerprint density at radius 2 is 1.82 bits per heavy atom. The maximum atomic E-state index is 9.49. The molecule has 4 rings (SSSR count).